The quantitative estimate of drug-likeness (QED) is 0.358. The number of rotatable bonds is 10. The first-order valence-electron chi connectivity index (χ1n) is 12.6. The van der Waals surface area contributed by atoms with Crippen LogP contribution in [0.25, 0.3) is 0 Å². The van der Waals surface area contributed by atoms with E-state index in [9.17, 15) is 19.2 Å². The number of methoxy groups -OCH3 is 2. The molecule has 1 atom stereocenters. The van der Waals surface area contributed by atoms with E-state index in [1.807, 2.05) is 20.8 Å². The molecule has 40 heavy (non-hydrogen) atoms. The van der Waals surface area contributed by atoms with Crippen LogP contribution in [0.2, 0.25) is 0 Å². The van der Waals surface area contributed by atoms with E-state index in [2.05, 4.69) is 15.8 Å². The molecule has 3 amide bonds. The molecule has 0 bridgehead atoms. The molecule has 0 spiro atoms. The van der Waals surface area contributed by atoms with E-state index in [1.165, 1.54) is 31.3 Å². The molecule has 11 heteroatoms. The smallest absolute Gasteiger partial charge is 0.337 e. The lowest BCUT2D eigenvalue weighted by molar-refractivity contribution is -0.128. The van der Waals surface area contributed by atoms with Gasteiger partial charge >= 0.3 is 5.97 Å². The Kier molecular flexibility index (Phi) is 9.65. The molecule has 11 nitrogen and oxygen atoms in total. The number of hydrogen-bond donors (Lipinski definition) is 2. The normalized spacial score (nSPS) is 11.8. The summed E-state index contributed by atoms with van der Waals surface area (Å²) in [7, 11) is 2.80. The van der Waals surface area contributed by atoms with Crippen molar-refractivity contribution < 1.29 is 33.2 Å². The third-order valence-electron chi connectivity index (χ3n) is 5.73. The SMILES string of the molecule is COC(=O)c1ccc(N(C(=O)CCC(=O)Nc2cc(C)on2)C(C(=O)NC(C)(C)C)c2ccc(OC)cc2)cc1. The van der Waals surface area contributed by atoms with Gasteiger partial charge in [-0.15, -0.1) is 0 Å². The van der Waals surface area contributed by atoms with Gasteiger partial charge in [0.1, 0.15) is 17.6 Å². The van der Waals surface area contributed by atoms with E-state index < -0.39 is 35.3 Å². The Morgan fingerprint density at radius 3 is 2.15 bits per heavy atom. The van der Waals surface area contributed by atoms with E-state index >= 15 is 0 Å². The molecule has 0 aliphatic carbocycles. The maximum absolute atomic E-state index is 13.8. The second-order valence-corrected chi connectivity index (χ2v) is 10.1. The van der Waals surface area contributed by atoms with Crippen molar-refractivity contribution in [1.82, 2.24) is 10.5 Å². The second kappa shape index (κ2) is 12.9. The molecule has 0 aliphatic rings. The number of benzene rings is 2. The average molecular weight is 551 g/mol. The van der Waals surface area contributed by atoms with Crippen molar-refractivity contribution in [2.75, 3.05) is 24.4 Å². The Hall–Kier alpha value is -4.67. The van der Waals surface area contributed by atoms with E-state index in [4.69, 9.17) is 14.0 Å². The van der Waals surface area contributed by atoms with Gasteiger partial charge in [-0.3, -0.25) is 19.3 Å². The van der Waals surface area contributed by atoms with Crippen LogP contribution in [0.5, 0.6) is 5.75 Å². The number of anilines is 2. The first kappa shape index (κ1) is 29.9. The predicted molar refractivity (Wildman–Crippen MR) is 148 cm³/mol. The third kappa shape index (κ3) is 7.92. The maximum atomic E-state index is 13.8. The number of aromatic nitrogens is 1. The van der Waals surface area contributed by atoms with Gasteiger partial charge in [0.2, 0.25) is 17.7 Å². The van der Waals surface area contributed by atoms with Gasteiger partial charge in [-0.05, 0) is 69.7 Å². The Bertz CT molecular complexity index is 1340. The fourth-order valence-corrected chi connectivity index (χ4v) is 3.93. The summed E-state index contributed by atoms with van der Waals surface area (Å²) in [6.07, 6.45) is -0.380. The van der Waals surface area contributed by atoms with E-state index in [-0.39, 0.29) is 24.2 Å². The summed E-state index contributed by atoms with van der Waals surface area (Å²) in [5.74, 6) is -0.540. The molecule has 1 unspecified atom stereocenters. The molecule has 0 aliphatic heterocycles. The molecule has 212 valence electrons. The third-order valence-corrected chi connectivity index (χ3v) is 5.73. The van der Waals surface area contributed by atoms with Gasteiger partial charge in [-0.1, -0.05) is 17.3 Å². The van der Waals surface area contributed by atoms with Crippen LogP contribution < -0.4 is 20.3 Å². The molecule has 0 saturated carbocycles. The van der Waals surface area contributed by atoms with Crippen LogP contribution in [-0.4, -0.2) is 48.6 Å². The lowest BCUT2D eigenvalue weighted by Crippen LogP contribution is -2.49. The maximum Gasteiger partial charge on any atom is 0.337 e. The summed E-state index contributed by atoms with van der Waals surface area (Å²) < 4.78 is 15.0. The fourth-order valence-electron chi connectivity index (χ4n) is 3.93. The lowest BCUT2D eigenvalue weighted by atomic mass is 9.99. The molecule has 0 fully saturated rings. The van der Waals surface area contributed by atoms with Crippen LogP contribution in [0.15, 0.2) is 59.1 Å². The number of aryl methyl sites for hydroxylation is 1. The van der Waals surface area contributed by atoms with E-state index in [1.54, 1.807) is 49.4 Å². The number of ether oxygens (including phenoxy) is 2. The van der Waals surface area contributed by atoms with Crippen LogP contribution in [0, 0.1) is 6.92 Å². The minimum Gasteiger partial charge on any atom is -0.497 e. The van der Waals surface area contributed by atoms with Crippen LogP contribution in [0.3, 0.4) is 0 Å². The number of hydrogen-bond acceptors (Lipinski definition) is 8. The Morgan fingerprint density at radius 2 is 1.62 bits per heavy atom. The monoisotopic (exact) mass is 550 g/mol. The summed E-state index contributed by atoms with van der Waals surface area (Å²) in [6.45, 7) is 7.20. The van der Waals surface area contributed by atoms with Gasteiger partial charge < -0.3 is 24.6 Å². The van der Waals surface area contributed by atoms with Crippen LogP contribution in [-0.2, 0) is 19.1 Å². The summed E-state index contributed by atoms with van der Waals surface area (Å²) in [6, 6.07) is 13.4. The number of carbonyl (C=O) groups is 4. The first-order chi connectivity index (χ1) is 18.9. The van der Waals surface area contributed by atoms with Gasteiger partial charge in [-0.25, -0.2) is 4.79 Å². The molecule has 2 N–H and O–H groups in total. The van der Waals surface area contributed by atoms with Gasteiger partial charge in [0.25, 0.3) is 0 Å². The highest BCUT2D eigenvalue weighted by Gasteiger charge is 2.34. The summed E-state index contributed by atoms with van der Waals surface area (Å²) in [5, 5.41) is 9.28. The lowest BCUT2D eigenvalue weighted by Gasteiger charge is -2.34. The van der Waals surface area contributed by atoms with Crippen molar-refractivity contribution in [2.24, 2.45) is 0 Å². The van der Waals surface area contributed by atoms with Crippen molar-refractivity contribution in [1.29, 1.82) is 0 Å². The largest absolute Gasteiger partial charge is 0.497 e. The summed E-state index contributed by atoms with van der Waals surface area (Å²) in [4.78, 5) is 53.4. The Labute approximate surface area is 232 Å². The van der Waals surface area contributed by atoms with Gasteiger partial charge in [0, 0.05) is 30.1 Å². The first-order valence-corrected chi connectivity index (χ1v) is 12.6. The molecular weight excluding hydrogens is 516 g/mol. The van der Waals surface area contributed by atoms with Crippen molar-refractivity contribution >= 4 is 35.2 Å². The molecule has 1 aromatic heterocycles. The second-order valence-electron chi connectivity index (χ2n) is 10.1. The standard InChI is InChI=1S/C29H34N4O7/c1-18-17-23(32-40-18)30-24(34)15-16-25(35)33(21-11-7-20(8-12-21)28(37)39-6)26(27(36)31-29(2,3)4)19-9-13-22(38-5)14-10-19/h7-14,17,26H,15-16H2,1-6H3,(H,31,36)(H,30,32,34). The zero-order valence-corrected chi connectivity index (χ0v) is 23.4. The number of nitrogens with zero attached hydrogens (tertiary/aromatic N) is 2. The Morgan fingerprint density at radius 1 is 0.975 bits per heavy atom. The van der Waals surface area contributed by atoms with Crippen molar-refractivity contribution in [3.8, 4) is 5.75 Å². The van der Waals surface area contributed by atoms with Crippen molar-refractivity contribution in [2.45, 2.75) is 52.1 Å². The number of esters is 1. The van der Waals surface area contributed by atoms with Crippen LogP contribution in [0.1, 0.15) is 61.3 Å². The molecular formula is C29H34N4O7. The Balaban J connectivity index is 2.00. The minimum atomic E-state index is -1.09. The minimum absolute atomic E-state index is 0.169. The predicted octanol–water partition coefficient (Wildman–Crippen LogP) is 4.19. The van der Waals surface area contributed by atoms with Crippen molar-refractivity contribution in [3.05, 3.63) is 71.5 Å². The highest BCUT2D eigenvalue weighted by atomic mass is 16.5. The highest BCUT2D eigenvalue weighted by Crippen LogP contribution is 2.31. The van der Waals surface area contributed by atoms with Gasteiger partial charge in [0.15, 0.2) is 5.82 Å². The molecule has 3 rings (SSSR count). The van der Waals surface area contributed by atoms with Gasteiger partial charge in [0.05, 0.1) is 19.8 Å². The molecule has 1 heterocycles. The molecule has 3 aromatic rings. The zero-order valence-electron chi connectivity index (χ0n) is 23.4. The summed E-state index contributed by atoms with van der Waals surface area (Å²) in [5.41, 5.74) is 0.563. The average Bonchev–Trinajstić information content (AvgIpc) is 3.33. The zero-order chi connectivity index (χ0) is 29.4. The molecule has 0 radical (unpaired) electrons. The van der Waals surface area contributed by atoms with Crippen molar-refractivity contribution in [3.63, 3.8) is 0 Å². The van der Waals surface area contributed by atoms with Gasteiger partial charge in [-0.2, -0.15) is 0 Å². The van der Waals surface area contributed by atoms with Crippen LogP contribution >= 0.6 is 0 Å². The number of carbonyl (C=O) groups excluding carboxylic acids is 4. The number of nitrogens with one attached hydrogen (secondary N) is 2. The highest BCUT2D eigenvalue weighted by molar-refractivity contribution is 6.03. The summed E-state index contributed by atoms with van der Waals surface area (Å²) >= 11 is 0. The topological polar surface area (TPSA) is 140 Å². The number of amides is 3. The van der Waals surface area contributed by atoms with E-state index in [0.717, 1.165) is 0 Å². The molecule has 2 aromatic carbocycles. The fraction of sp³-hybridized carbons (Fsp3) is 0.345. The molecule has 0 saturated heterocycles. The van der Waals surface area contributed by atoms with Crippen LogP contribution in [0.4, 0.5) is 11.5 Å². The van der Waals surface area contributed by atoms with E-state index in [0.29, 0.717) is 22.8 Å².